The van der Waals surface area contributed by atoms with E-state index in [1.165, 1.54) is 39.9 Å². The van der Waals surface area contributed by atoms with Crippen LogP contribution in [-0.4, -0.2) is 27.9 Å². The van der Waals surface area contributed by atoms with Gasteiger partial charge in [0.25, 0.3) is 0 Å². The zero-order valence-electron chi connectivity index (χ0n) is 19.6. The van der Waals surface area contributed by atoms with Crippen LogP contribution < -0.4 is 14.2 Å². The standard InChI is InChI=1S/C26H24N2O6S3/c29-36(30,27-16-20-5-2-1-3-6-20)23-9-11-24(12-10-23)37(31,32)28(18-22-7-4-14-35-22)17-21-8-13-25-26(15-21)34-19-33-25/h1-15,27H,16-19H2. The third kappa shape index (κ3) is 5.86. The second kappa shape index (κ2) is 10.6. The maximum absolute atomic E-state index is 13.7. The molecule has 0 saturated heterocycles. The summed E-state index contributed by atoms with van der Waals surface area (Å²) in [4.78, 5) is 0.878. The summed E-state index contributed by atoms with van der Waals surface area (Å²) in [5.74, 6) is 1.19. The van der Waals surface area contributed by atoms with Crippen LogP contribution in [0.15, 0.2) is 100 Å². The molecule has 4 aromatic rings. The normalized spacial score (nSPS) is 13.2. The average molecular weight is 557 g/mol. The lowest BCUT2D eigenvalue weighted by Crippen LogP contribution is -2.30. The molecule has 0 unspecified atom stereocenters. The van der Waals surface area contributed by atoms with Crippen LogP contribution in [0, 0.1) is 0 Å². The molecule has 0 aliphatic carbocycles. The van der Waals surface area contributed by atoms with Crippen LogP contribution in [0.25, 0.3) is 0 Å². The van der Waals surface area contributed by atoms with Gasteiger partial charge in [-0.3, -0.25) is 0 Å². The van der Waals surface area contributed by atoms with E-state index in [1.807, 2.05) is 47.8 Å². The number of nitrogens with one attached hydrogen (secondary N) is 1. The molecule has 0 atom stereocenters. The number of rotatable bonds is 10. The number of sulfonamides is 2. The van der Waals surface area contributed by atoms with Crippen LogP contribution in [0.1, 0.15) is 16.0 Å². The molecule has 1 aliphatic rings. The van der Waals surface area contributed by atoms with Crippen molar-refractivity contribution in [3.8, 4) is 11.5 Å². The van der Waals surface area contributed by atoms with Gasteiger partial charge in [-0.2, -0.15) is 4.31 Å². The summed E-state index contributed by atoms with van der Waals surface area (Å²) in [6.45, 7) is 0.543. The van der Waals surface area contributed by atoms with Gasteiger partial charge in [0.05, 0.1) is 9.79 Å². The van der Waals surface area contributed by atoms with Crippen LogP contribution in [0.2, 0.25) is 0 Å². The zero-order valence-corrected chi connectivity index (χ0v) is 22.1. The number of thiophene rings is 1. The molecule has 0 radical (unpaired) electrons. The van der Waals surface area contributed by atoms with Crippen molar-refractivity contribution in [2.24, 2.45) is 0 Å². The van der Waals surface area contributed by atoms with E-state index in [-0.39, 0.29) is 36.2 Å². The van der Waals surface area contributed by atoms with E-state index in [0.29, 0.717) is 11.5 Å². The Hall–Kier alpha value is -3.22. The van der Waals surface area contributed by atoms with E-state index in [9.17, 15) is 16.8 Å². The number of ether oxygens (including phenoxy) is 2. The van der Waals surface area contributed by atoms with Crippen LogP contribution in [0.3, 0.4) is 0 Å². The Labute approximate surface area is 220 Å². The van der Waals surface area contributed by atoms with Crippen molar-refractivity contribution in [2.45, 2.75) is 29.4 Å². The lowest BCUT2D eigenvalue weighted by molar-refractivity contribution is 0.174. The minimum absolute atomic E-state index is 0.00630. The van der Waals surface area contributed by atoms with E-state index in [2.05, 4.69) is 4.72 Å². The predicted molar refractivity (Wildman–Crippen MR) is 140 cm³/mol. The molecule has 192 valence electrons. The molecule has 37 heavy (non-hydrogen) atoms. The van der Waals surface area contributed by atoms with Gasteiger partial charge in [0.15, 0.2) is 11.5 Å². The van der Waals surface area contributed by atoms with Gasteiger partial charge < -0.3 is 9.47 Å². The minimum atomic E-state index is -3.95. The summed E-state index contributed by atoms with van der Waals surface area (Å²) in [6, 6.07) is 23.5. The first-order valence-corrected chi connectivity index (χ1v) is 15.2. The number of hydrogen-bond donors (Lipinski definition) is 1. The van der Waals surface area contributed by atoms with Gasteiger partial charge in [-0.15, -0.1) is 11.3 Å². The third-order valence-electron chi connectivity index (χ3n) is 5.79. The Balaban J connectivity index is 1.38. The molecule has 0 bridgehead atoms. The Kier molecular flexibility index (Phi) is 7.31. The summed E-state index contributed by atoms with van der Waals surface area (Å²) < 4.78 is 67.6. The van der Waals surface area contributed by atoms with Crippen LogP contribution in [-0.2, 0) is 39.7 Å². The van der Waals surface area contributed by atoms with Gasteiger partial charge in [0, 0.05) is 24.5 Å². The van der Waals surface area contributed by atoms with Gasteiger partial charge in [-0.05, 0) is 59.0 Å². The molecule has 0 amide bonds. The summed E-state index contributed by atoms with van der Waals surface area (Å²) >= 11 is 1.46. The Morgan fingerprint density at radius 2 is 1.49 bits per heavy atom. The number of nitrogens with zero attached hydrogens (tertiary/aromatic N) is 1. The molecule has 0 saturated carbocycles. The van der Waals surface area contributed by atoms with Crippen LogP contribution >= 0.6 is 11.3 Å². The lowest BCUT2D eigenvalue weighted by atomic mass is 10.2. The fourth-order valence-corrected chi connectivity index (χ4v) is 7.07. The van der Waals surface area contributed by atoms with E-state index in [0.717, 1.165) is 16.0 Å². The highest BCUT2D eigenvalue weighted by Gasteiger charge is 2.27. The van der Waals surface area contributed by atoms with E-state index >= 15 is 0 Å². The summed E-state index contributed by atoms with van der Waals surface area (Å²) in [6.07, 6.45) is 0. The molecule has 1 aromatic heterocycles. The quantitative estimate of drug-likeness (QED) is 0.312. The second-order valence-electron chi connectivity index (χ2n) is 8.32. The Bertz CT molecular complexity index is 1570. The summed E-state index contributed by atoms with van der Waals surface area (Å²) in [7, 11) is -7.77. The van der Waals surface area contributed by atoms with E-state index in [4.69, 9.17) is 9.47 Å². The number of hydrogen-bond acceptors (Lipinski definition) is 7. The lowest BCUT2D eigenvalue weighted by Gasteiger charge is -2.22. The molecule has 1 N–H and O–H groups in total. The monoisotopic (exact) mass is 556 g/mol. The van der Waals surface area contributed by atoms with E-state index < -0.39 is 20.0 Å². The van der Waals surface area contributed by atoms with Gasteiger partial charge >= 0.3 is 0 Å². The molecule has 0 spiro atoms. The first-order chi connectivity index (χ1) is 17.8. The maximum atomic E-state index is 13.7. The highest BCUT2D eigenvalue weighted by atomic mass is 32.2. The van der Waals surface area contributed by atoms with Crippen LogP contribution in [0.4, 0.5) is 0 Å². The van der Waals surface area contributed by atoms with Crippen molar-refractivity contribution >= 4 is 31.4 Å². The van der Waals surface area contributed by atoms with Crippen molar-refractivity contribution in [3.63, 3.8) is 0 Å². The van der Waals surface area contributed by atoms with E-state index in [1.54, 1.807) is 18.2 Å². The number of fused-ring (bicyclic) bond motifs is 1. The fourth-order valence-electron chi connectivity index (χ4n) is 3.84. The molecule has 3 aromatic carbocycles. The van der Waals surface area contributed by atoms with Crippen molar-refractivity contribution in [1.29, 1.82) is 0 Å². The molecule has 1 aliphatic heterocycles. The second-order valence-corrected chi connectivity index (χ2v) is 13.1. The predicted octanol–water partition coefficient (Wildman–Crippen LogP) is 4.35. The van der Waals surface area contributed by atoms with Gasteiger partial charge in [0.2, 0.25) is 26.8 Å². The Morgan fingerprint density at radius 3 is 2.22 bits per heavy atom. The molecule has 11 heteroatoms. The Morgan fingerprint density at radius 1 is 0.757 bits per heavy atom. The summed E-state index contributed by atoms with van der Waals surface area (Å²) in [5, 5.41) is 1.89. The molecular formula is C26H24N2O6S3. The first kappa shape index (κ1) is 25.4. The molecule has 8 nitrogen and oxygen atoms in total. The van der Waals surface area contributed by atoms with Crippen molar-refractivity contribution < 1.29 is 26.3 Å². The minimum Gasteiger partial charge on any atom is -0.454 e. The SMILES string of the molecule is O=S(=O)(NCc1ccccc1)c1ccc(S(=O)(=O)N(Cc2ccc3c(c2)OCO3)Cc2cccs2)cc1. The highest BCUT2D eigenvalue weighted by Crippen LogP contribution is 2.33. The van der Waals surface area contributed by atoms with Crippen molar-refractivity contribution in [3.05, 3.63) is 106 Å². The first-order valence-electron chi connectivity index (χ1n) is 11.4. The molecule has 5 rings (SSSR count). The van der Waals surface area contributed by atoms with Crippen LogP contribution in [0.5, 0.6) is 11.5 Å². The molecule has 0 fully saturated rings. The average Bonchev–Trinajstić information content (AvgIpc) is 3.60. The van der Waals surface area contributed by atoms with Gasteiger partial charge in [-0.1, -0.05) is 42.5 Å². The van der Waals surface area contributed by atoms with Gasteiger partial charge in [0.1, 0.15) is 0 Å². The fraction of sp³-hybridized carbons (Fsp3) is 0.154. The zero-order chi connectivity index (χ0) is 25.9. The van der Waals surface area contributed by atoms with Crippen molar-refractivity contribution in [1.82, 2.24) is 9.03 Å². The maximum Gasteiger partial charge on any atom is 0.243 e. The smallest absolute Gasteiger partial charge is 0.243 e. The molecular weight excluding hydrogens is 532 g/mol. The molecule has 2 heterocycles. The van der Waals surface area contributed by atoms with Crippen molar-refractivity contribution in [2.75, 3.05) is 6.79 Å². The third-order valence-corrected chi connectivity index (χ3v) is 9.87. The van der Waals surface area contributed by atoms with Gasteiger partial charge in [-0.25, -0.2) is 21.6 Å². The topological polar surface area (TPSA) is 102 Å². The largest absolute Gasteiger partial charge is 0.454 e. The summed E-state index contributed by atoms with van der Waals surface area (Å²) in [5.41, 5.74) is 1.56. The number of benzene rings is 3. The highest BCUT2D eigenvalue weighted by molar-refractivity contribution is 7.89.